The molecule has 0 fully saturated rings. The van der Waals surface area contributed by atoms with Crippen molar-refractivity contribution in [2.75, 3.05) is 19.0 Å². The van der Waals surface area contributed by atoms with Crippen LogP contribution in [0.25, 0.3) is 0 Å². The molecule has 34 heavy (non-hydrogen) atoms. The molecular formula is C26H26ClN3O4. The van der Waals surface area contributed by atoms with Gasteiger partial charge in [0.2, 0.25) is 0 Å². The lowest BCUT2D eigenvalue weighted by Crippen LogP contribution is -2.21. The van der Waals surface area contributed by atoms with Crippen LogP contribution in [0, 0.1) is 20.8 Å². The fourth-order valence-electron chi connectivity index (χ4n) is 3.17. The molecule has 2 amide bonds. The lowest BCUT2D eigenvalue weighted by molar-refractivity contribution is -0.118. The first-order valence-electron chi connectivity index (χ1n) is 10.5. The lowest BCUT2D eigenvalue weighted by Gasteiger charge is -2.14. The highest BCUT2D eigenvalue weighted by Crippen LogP contribution is 2.36. The normalized spacial score (nSPS) is 10.7. The Balaban J connectivity index is 1.63. The number of benzene rings is 3. The van der Waals surface area contributed by atoms with Gasteiger partial charge in [-0.1, -0.05) is 47.0 Å². The summed E-state index contributed by atoms with van der Waals surface area (Å²) in [5.74, 6) is -0.0856. The number of hydrogen-bond donors (Lipinski definition) is 2. The number of halogens is 1. The number of carbonyl (C=O) groups is 2. The van der Waals surface area contributed by atoms with Crippen LogP contribution < -0.4 is 20.2 Å². The topological polar surface area (TPSA) is 89.0 Å². The minimum Gasteiger partial charge on any atom is -0.493 e. The van der Waals surface area contributed by atoms with Crippen LogP contribution in [0.2, 0.25) is 5.02 Å². The Morgan fingerprint density at radius 2 is 1.71 bits per heavy atom. The summed E-state index contributed by atoms with van der Waals surface area (Å²) in [7, 11) is 1.47. The maximum Gasteiger partial charge on any atom is 0.271 e. The Morgan fingerprint density at radius 3 is 2.38 bits per heavy atom. The largest absolute Gasteiger partial charge is 0.493 e. The van der Waals surface area contributed by atoms with E-state index in [9.17, 15) is 9.59 Å². The molecule has 0 atom stereocenters. The van der Waals surface area contributed by atoms with Crippen LogP contribution in [-0.2, 0) is 4.79 Å². The Hall–Kier alpha value is -3.84. The molecule has 0 saturated heterocycles. The van der Waals surface area contributed by atoms with Crippen LogP contribution in [0.1, 0.15) is 32.6 Å². The number of aryl methyl sites for hydroxylation is 3. The number of ether oxygens (including phenoxy) is 2. The van der Waals surface area contributed by atoms with Crippen LogP contribution in [0.4, 0.5) is 5.69 Å². The van der Waals surface area contributed by atoms with Crippen LogP contribution in [0.15, 0.2) is 59.7 Å². The molecule has 3 rings (SSSR count). The van der Waals surface area contributed by atoms with Crippen molar-refractivity contribution in [2.24, 2.45) is 5.10 Å². The van der Waals surface area contributed by atoms with Crippen molar-refractivity contribution in [3.8, 4) is 11.5 Å². The SMILES string of the molecule is COc1cc(/C=N/NC(=O)c2ccc(C)cc2)cc(Cl)c1OCC(=O)Nc1ccc(C)cc1C. The van der Waals surface area contributed by atoms with Crippen molar-refractivity contribution in [3.05, 3.63) is 87.4 Å². The number of rotatable bonds is 8. The van der Waals surface area contributed by atoms with Gasteiger partial charge in [-0.3, -0.25) is 9.59 Å². The standard InChI is InChI=1S/C26H26ClN3O4/c1-16-5-8-20(9-6-16)26(32)30-28-14-19-12-21(27)25(23(13-19)33-4)34-15-24(31)29-22-10-7-17(2)11-18(22)3/h5-14H,15H2,1-4H3,(H,29,31)(H,30,32)/b28-14+. The number of hydrazone groups is 1. The molecule has 7 nitrogen and oxygen atoms in total. The minimum atomic E-state index is -0.330. The molecule has 3 aromatic carbocycles. The highest BCUT2D eigenvalue weighted by atomic mass is 35.5. The molecule has 0 heterocycles. The molecular weight excluding hydrogens is 454 g/mol. The molecule has 0 aromatic heterocycles. The van der Waals surface area contributed by atoms with Gasteiger partial charge in [0, 0.05) is 11.3 Å². The molecule has 0 aliphatic rings. The van der Waals surface area contributed by atoms with Gasteiger partial charge in [0.15, 0.2) is 18.1 Å². The number of carbonyl (C=O) groups excluding carboxylic acids is 2. The van der Waals surface area contributed by atoms with E-state index in [4.69, 9.17) is 21.1 Å². The maximum atomic E-state index is 12.4. The summed E-state index contributed by atoms with van der Waals surface area (Å²) in [6, 6.07) is 16.2. The van der Waals surface area contributed by atoms with Gasteiger partial charge in [0.1, 0.15) is 0 Å². The van der Waals surface area contributed by atoms with Crippen LogP contribution >= 0.6 is 11.6 Å². The van der Waals surface area contributed by atoms with Gasteiger partial charge in [-0.15, -0.1) is 0 Å². The van der Waals surface area contributed by atoms with Gasteiger partial charge in [0.25, 0.3) is 11.8 Å². The van der Waals surface area contributed by atoms with E-state index in [1.807, 2.05) is 51.1 Å². The van der Waals surface area contributed by atoms with E-state index in [1.165, 1.54) is 13.3 Å². The van der Waals surface area contributed by atoms with Crippen molar-refractivity contribution in [1.29, 1.82) is 0 Å². The van der Waals surface area contributed by atoms with Crippen molar-refractivity contribution in [3.63, 3.8) is 0 Å². The lowest BCUT2D eigenvalue weighted by atomic mass is 10.1. The Morgan fingerprint density at radius 1 is 1.00 bits per heavy atom. The molecule has 2 N–H and O–H groups in total. The zero-order valence-corrected chi connectivity index (χ0v) is 20.2. The summed E-state index contributed by atoms with van der Waals surface area (Å²) < 4.78 is 11.0. The van der Waals surface area contributed by atoms with E-state index < -0.39 is 0 Å². The summed E-state index contributed by atoms with van der Waals surface area (Å²) >= 11 is 6.37. The third-order valence-electron chi connectivity index (χ3n) is 4.95. The monoisotopic (exact) mass is 479 g/mol. The second-order valence-electron chi connectivity index (χ2n) is 7.75. The number of methoxy groups -OCH3 is 1. The van der Waals surface area contributed by atoms with Crippen LogP contribution in [0.5, 0.6) is 11.5 Å². The van der Waals surface area contributed by atoms with Gasteiger partial charge >= 0.3 is 0 Å². The fourth-order valence-corrected chi connectivity index (χ4v) is 3.44. The fraction of sp³-hybridized carbons (Fsp3) is 0.192. The van der Waals surface area contributed by atoms with E-state index in [0.29, 0.717) is 16.9 Å². The van der Waals surface area contributed by atoms with Gasteiger partial charge < -0.3 is 14.8 Å². The van der Waals surface area contributed by atoms with Crippen LogP contribution in [-0.4, -0.2) is 31.7 Å². The third kappa shape index (κ3) is 6.59. The average Bonchev–Trinajstić information content (AvgIpc) is 2.80. The molecule has 0 bridgehead atoms. The number of anilines is 1. The van der Waals surface area contributed by atoms with Crippen molar-refractivity contribution >= 4 is 35.3 Å². The van der Waals surface area contributed by atoms with Gasteiger partial charge in [-0.05, 0) is 62.2 Å². The van der Waals surface area contributed by atoms with Crippen molar-refractivity contribution in [1.82, 2.24) is 5.43 Å². The highest BCUT2D eigenvalue weighted by molar-refractivity contribution is 6.32. The predicted molar refractivity (Wildman–Crippen MR) is 134 cm³/mol. The molecule has 176 valence electrons. The first-order chi connectivity index (χ1) is 16.3. The smallest absolute Gasteiger partial charge is 0.271 e. The Kier molecular flexibility index (Phi) is 8.27. The quantitative estimate of drug-likeness (QED) is 0.349. The first-order valence-corrected chi connectivity index (χ1v) is 10.9. The summed E-state index contributed by atoms with van der Waals surface area (Å²) in [6.45, 7) is 5.61. The molecule has 8 heteroatoms. The number of nitrogens with zero attached hydrogens (tertiary/aromatic N) is 1. The second-order valence-corrected chi connectivity index (χ2v) is 8.16. The molecule has 0 aliphatic heterocycles. The molecule has 0 radical (unpaired) electrons. The number of amides is 2. The van der Waals surface area contributed by atoms with E-state index in [-0.39, 0.29) is 29.2 Å². The third-order valence-corrected chi connectivity index (χ3v) is 5.23. The van der Waals surface area contributed by atoms with E-state index in [0.717, 1.165) is 22.4 Å². The molecule has 0 saturated carbocycles. The summed E-state index contributed by atoms with van der Waals surface area (Å²) in [5, 5.41) is 7.04. The predicted octanol–water partition coefficient (Wildman–Crippen LogP) is 5.06. The summed E-state index contributed by atoms with van der Waals surface area (Å²) in [4.78, 5) is 24.5. The molecule has 0 spiro atoms. The van der Waals surface area contributed by atoms with Crippen molar-refractivity contribution in [2.45, 2.75) is 20.8 Å². The maximum absolute atomic E-state index is 12.4. The van der Waals surface area contributed by atoms with E-state index in [2.05, 4.69) is 15.8 Å². The summed E-state index contributed by atoms with van der Waals surface area (Å²) in [6.07, 6.45) is 1.44. The van der Waals surface area contributed by atoms with Gasteiger partial charge in [-0.25, -0.2) is 5.43 Å². The zero-order chi connectivity index (χ0) is 24.7. The van der Waals surface area contributed by atoms with E-state index in [1.54, 1.807) is 24.3 Å². The summed E-state index contributed by atoms with van der Waals surface area (Å²) in [5.41, 5.74) is 7.41. The van der Waals surface area contributed by atoms with Crippen LogP contribution in [0.3, 0.4) is 0 Å². The average molecular weight is 480 g/mol. The van der Waals surface area contributed by atoms with Gasteiger partial charge in [0.05, 0.1) is 18.3 Å². The molecule has 0 aliphatic carbocycles. The Bertz CT molecular complexity index is 1220. The molecule has 3 aromatic rings. The van der Waals surface area contributed by atoms with E-state index >= 15 is 0 Å². The first kappa shape index (κ1) is 24.8. The van der Waals surface area contributed by atoms with Gasteiger partial charge in [-0.2, -0.15) is 5.10 Å². The zero-order valence-electron chi connectivity index (χ0n) is 19.4. The number of nitrogens with one attached hydrogen (secondary N) is 2. The number of hydrogen-bond acceptors (Lipinski definition) is 5. The second kappa shape index (κ2) is 11.3. The Labute approximate surface area is 203 Å². The highest BCUT2D eigenvalue weighted by Gasteiger charge is 2.14. The van der Waals surface area contributed by atoms with Crippen molar-refractivity contribution < 1.29 is 19.1 Å². The molecule has 0 unspecified atom stereocenters. The minimum absolute atomic E-state index is 0.237.